The van der Waals surface area contributed by atoms with Crippen LogP contribution in [0.5, 0.6) is 5.75 Å². The highest BCUT2D eigenvalue weighted by molar-refractivity contribution is 6.34. The molecule has 5 nitrogen and oxygen atoms in total. The van der Waals surface area contributed by atoms with Crippen molar-refractivity contribution in [2.45, 2.75) is 20.5 Å². The van der Waals surface area contributed by atoms with E-state index in [1.807, 2.05) is 18.2 Å². The predicted molar refractivity (Wildman–Crippen MR) is 247 cm³/mol. The maximum Gasteiger partial charge on any atom is 0.120 e. The number of hydrogen-bond acceptors (Lipinski definition) is 4. The Balaban J connectivity index is 1.22. The van der Waals surface area contributed by atoms with E-state index >= 15 is 0 Å². The average molecular weight is 764 g/mol. The van der Waals surface area contributed by atoms with Crippen molar-refractivity contribution in [1.29, 1.82) is 0 Å². The minimum atomic E-state index is -0.0209. The molecule has 0 aliphatic rings. The summed E-state index contributed by atoms with van der Waals surface area (Å²) in [5.41, 5.74) is 13.1. The molecule has 284 valence electrons. The molecule has 11 aromatic rings. The second kappa shape index (κ2) is 13.7. The van der Waals surface area contributed by atoms with Gasteiger partial charge in [-0.15, -0.1) is 0 Å². The van der Waals surface area contributed by atoms with Crippen LogP contribution in [0.2, 0.25) is 0 Å². The van der Waals surface area contributed by atoms with E-state index in [4.69, 9.17) is 4.74 Å². The summed E-state index contributed by atoms with van der Waals surface area (Å²) in [7, 11) is 1.72. The molecule has 0 atom stereocenters. The van der Waals surface area contributed by atoms with Crippen molar-refractivity contribution in [2.24, 2.45) is 0 Å². The fraction of sp³-hybridized carbons (Fsp3) is 0.0741. The van der Waals surface area contributed by atoms with E-state index in [1.165, 1.54) is 65.3 Å². The zero-order chi connectivity index (χ0) is 39.8. The van der Waals surface area contributed by atoms with Gasteiger partial charge < -0.3 is 24.0 Å². The van der Waals surface area contributed by atoms with Gasteiger partial charge in [-0.25, -0.2) is 0 Å². The third-order valence-electron chi connectivity index (χ3n) is 11.9. The first-order chi connectivity index (χ1) is 29.0. The van der Waals surface area contributed by atoms with Crippen LogP contribution in [-0.4, -0.2) is 16.6 Å². The number of nitrogens with zero attached hydrogens (tertiary/aromatic N) is 3. The maximum absolute atomic E-state index is 10.2. The fourth-order valence-electron chi connectivity index (χ4n) is 9.32. The molecule has 11 rings (SSSR count). The fourth-order valence-corrected chi connectivity index (χ4v) is 9.32. The molecular formula is C54H41N3O2. The van der Waals surface area contributed by atoms with Crippen LogP contribution < -0.4 is 14.5 Å². The van der Waals surface area contributed by atoms with E-state index < -0.39 is 0 Å². The number of anilines is 6. The lowest BCUT2D eigenvalue weighted by Crippen LogP contribution is -2.10. The van der Waals surface area contributed by atoms with Crippen LogP contribution in [0, 0.1) is 13.8 Å². The summed E-state index contributed by atoms with van der Waals surface area (Å²) in [6, 6.07) is 63.3. The lowest BCUT2D eigenvalue weighted by Gasteiger charge is -2.26. The first-order valence-electron chi connectivity index (χ1n) is 20.1. The third kappa shape index (κ3) is 5.58. The number of benzene rings is 9. The molecule has 0 bridgehead atoms. The molecule has 0 saturated heterocycles. The van der Waals surface area contributed by atoms with Gasteiger partial charge in [-0.05, 0) is 126 Å². The Labute approximate surface area is 342 Å². The van der Waals surface area contributed by atoms with Crippen molar-refractivity contribution in [3.8, 4) is 5.75 Å². The van der Waals surface area contributed by atoms with Crippen LogP contribution in [0.3, 0.4) is 0 Å². The Kier molecular flexibility index (Phi) is 8.07. The molecule has 2 heterocycles. The van der Waals surface area contributed by atoms with Crippen molar-refractivity contribution in [2.75, 3.05) is 16.9 Å². The Morgan fingerprint density at radius 1 is 0.458 bits per heavy atom. The first-order valence-corrected chi connectivity index (χ1v) is 20.1. The van der Waals surface area contributed by atoms with Gasteiger partial charge in [0.15, 0.2) is 0 Å². The molecule has 0 amide bonds. The molecule has 5 heteroatoms. The number of hydrogen-bond donors (Lipinski definition) is 1. The van der Waals surface area contributed by atoms with Crippen LogP contribution in [0.15, 0.2) is 176 Å². The van der Waals surface area contributed by atoms with E-state index in [0.29, 0.717) is 0 Å². The SMILES string of the molecule is COc1cccc(N(c2cccc(C)c2)c2ccc3cc4c5ccc(N(c6cccc(C)c6)c6cccc(CO)c6)cc5n5c6c7ccccc7ccc6c(c3c2)c45)c1. The first kappa shape index (κ1) is 34.9. The summed E-state index contributed by atoms with van der Waals surface area (Å²) in [5, 5.41) is 19.9. The predicted octanol–water partition coefficient (Wildman–Crippen LogP) is 14.2. The largest absolute Gasteiger partial charge is 0.497 e. The number of aliphatic hydroxyl groups is 1. The summed E-state index contributed by atoms with van der Waals surface area (Å²) in [6.07, 6.45) is 0. The van der Waals surface area contributed by atoms with Crippen LogP contribution >= 0.6 is 0 Å². The smallest absolute Gasteiger partial charge is 0.120 e. The molecule has 9 aromatic carbocycles. The molecule has 2 aromatic heterocycles. The summed E-state index contributed by atoms with van der Waals surface area (Å²) in [5.74, 6) is 0.813. The molecule has 0 radical (unpaired) electrons. The highest BCUT2D eigenvalue weighted by Crippen LogP contribution is 2.48. The van der Waals surface area contributed by atoms with Crippen molar-refractivity contribution in [1.82, 2.24) is 4.40 Å². The van der Waals surface area contributed by atoms with Gasteiger partial charge in [-0.1, -0.05) is 91.0 Å². The molecular weight excluding hydrogens is 723 g/mol. The number of methoxy groups -OCH3 is 1. The van der Waals surface area contributed by atoms with E-state index in [2.05, 4.69) is 186 Å². The second-order valence-electron chi connectivity index (χ2n) is 15.7. The number of fused-ring (bicyclic) bond motifs is 10. The second-order valence-corrected chi connectivity index (χ2v) is 15.7. The summed E-state index contributed by atoms with van der Waals surface area (Å²) >= 11 is 0. The molecule has 0 unspecified atom stereocenters. The summed E-state index contributed by atoms with van der Waals surface area (Å²) in [4.78, 5) is 4.63. The lowest BCUT2D eigenvalue weighted by molar-refractivity contribution is 0.282. The van der Waals surface area contributed by atoms with E-state index in [9.17, 15) is 5.11 Å². The minimum Gasteiger partial charge on any atom is -0.497 e. The maximum atomic E-state index is 10.2. The molecule has 0 aliphatic heterocycles. The molecule has 59 heavy (non-hydrogen) atoms. The van der Waals surface area contributed by atoms with Gasteiger partial charge in [0.05, 0.1) is 30.3 Å². The number of aliphatic hydroxyl groups excluding tert-OH is 1. The standard InChI is InChI=1S/C54H41N3O2/c1-34-10-6-14-39(26-34)55(41-16-8-12-36(28-41)33-58)44-23-25-47-50-29-38-20-22-43(56(40-15-7-11-35(2)27-40)42-17-9-18-45(30-42)59-3)31-49(38)52-48-24-21-37-13-4-5-19-46(37)53(48)57(54(50)52)51(47)32-44/h4-32,58H,33H2,1-3H3. The lowest BCUT2D eigenvalue weighted by atomic mass is 9.98. The van der Waals surface area contributed by atoms with Crippen LogP contribution in [0.1, 0.15) is 16.7 Å². The zero-order valence-electron chi connectivity index (χ0n) is 33.1. The van der Waals surface area contributed by atoms with Gasteiger partial charge in [0, 0.05) is 67.1 Å². The van der Waals surface area contributed by atoms with E-state index in [1.54, 1.807) is 7.11 Å². The Morgan fingerprint density at radius 3 is 1.80 bits per heavy atom. The van der Waals surface area contributed by atoms with E-state index in [0.717, 1.165) is 51.0 Å². The van der Waals surface area contributed by atoms with Gasteiger partial charge >= 0.3 is 0 Å². The monoisotopic (exact) mass is 763 g/mol. The minimum absolute atomic E-state index is 0.0209. The molecule has 0 spiro atoms. The van der Waals surface area contributed by atoms with Crippen molar-refractivity contribution in [3.05, 3.63) is 193 Å². The zero-order valence-corrected chi connectivity index (χ0v) is 33.1. The normalized spacial score (nSPS) is 11.8. The van der Waals surface area contributed by atoms with Gasteiger partial charge in [0.25, 0.3) is 0 Å². The summed E-state index contributed by atoms with van der Waals surface area (Å²) in [6.45, 7) is 4.25. The van der Waals surface area contributed by atoms with Gasteiger partial charge in [-0.2, -0.15) is 0 Å². The van der Waals surface area contributed by atoms with Gasteiger partial charge in [-0.3, -0.25) is 0 Å². The van der Waals surface area contributed by atoms with Crippen LogP contribution in [0.4, 0.5) is 34.1 Å². The molecule has 1 N–H and O–H groups in total. The highest BCUT2D eigenvalue weighted by atomic mass is 16.5. The van der Waals surface area contributed by atoms with Crippen molar-refractivity contribution < 1.29 is 9.84 Å². The summed E-state index contributed by atoms with van der Waals surface area (Å²) < 4.78 is 8.23. The highest BCUT2D eigenvalue weighted by Gasteiger charge is 2.24. The van der Waals surface area contributed by atoms with Crippen molar-refractivity contribution in [3.63, 3.8) is 0 Å². The van der Waals surface area contributed by atoms with Crippen LogP contribution in [0.25, 0.3) is 59.6 Å². The third-order valence-corrected chi connectivity index (χ3v) is 11.9. The van der Waals surface area contributed by atoms with Gasteiger partial charge in [0.1, 0.15) is 5.75 Å². The van der Waals surface area contributed by atoms with Crippen molar-refractivity contribution >= 4 is 93.8 Å². The van der Waals surface area contributed by atoms with E-state index in [-0.39, 0.29) is 6.61 Å². The average Bonchev–Trinajstić information content (AvgIpc) is 3.79. The number of aryl methyl sites for hydroxylation is 2. The Hall–Kier alpha value is -7.34. The number of ether oxygens (including phenoxy) is 1. The number of aromatic nitrogens is 1. The Morgan fingerprint density at radius 2 is 1.07 bits per heavy atom. The molecule has 0 saturated carbocycles. The number of rotatable bonds is 8. The Bertz CT molecular complexity index is 3420. The topological polar surface area (TPSA) is 40.3 Å². The van der Waals surface area contributed by atoms with Gasteiger partial charge in [0.2, 0.25) is 0 Å². The molecule has 0 fully saturated rings. The molecule has 0 aliphatic carbocycles. The quantitative estimate of drug-likeness (QED) is 0.167. The van der Waals surface area contributed by atoms with Crippen LogP contribution in [-0.2, 0) is 6.61 Å².